The molecule has 2 aliphatic heterocycles. The molecule has 0 unspecified atom stereocenters. The molecule has 114 valence electrons. The maximum atomic E-state index is 12.4. The molecule has 1 atom stereocenters. The van der Waals surface area contributed by atoms with Crippen molar-refractivity contribution in [2.75, 3.05) is 26.3 Å². The summed E-state index contributed by atoms with van der Waals surface area (Å²) in [5.41, 5.74) is 1.94. The number of nitrogens with zero attached hydrogens (tertiary/aromatic N) is 1. The molecule has 0 radical (unpaired) electrons. The minimum absolute atomic E-state index is 0.0816. The summed E-state index contributed by atoms with van der Waals surface area (Å²) in [6.07, 6.45) is 4.07. The first-order valence-corrected chi connectivity index (χ1v) is 8.34. The van der Waals surface area contributed by atoms with Gasteiger partial charge in [-0.1, -0.05) is 15.9 Å². The Kier molecular flexibility index (Phi) is 4.93. The van der Waals surface area contributed by atoms with E-state index in [-0.39, 0.29) is 12.2 Å². The highest BCUT2D eigenvalue weighted by molar-refractivity contribution is 9.10. The van der Waals surface area contributed by atoms with E-state index < -0.39 is 0 Å². The van der Waals surface area contributed by atoms with Gasteiger partial charge in [-0.25, -0.2) is 0 Å². The van der Waals surface area contributed by atoms with E-state index in [1.54, 1.807) is 0 Å². The average molecular weight is 354 g/mol. The fourth-order valence-electron chi connectivity index (χ4n) is 2.86. The van der Waals surface area contributed by atoms with Gasteiger partial charge < -0.3 is 14.4 Å². The van der Waals surface area contributed by atoms with E-state index in [2.05, 4.69) is 15.9 Å². The smallest absolute Gasteiger partial charge is 0.254 e. The minimum Gasteiger partial charge on any atom is -0.353 e. The lowest BCUT2D eigenvalue weighted by Gasteiger charge is -2.30. The van der Waals surface area contributed by atoms with Crippen molar-refractivity contribution in [1.82, 2.24) is 4.90 Å². The number of fused-ring (bicyclic) bond motifs is 1. The molecule has 1 aromatic carbocycles. The molecule has 0 aromatic heterocycles. The summed E-state index contributed by atoms with van der Waals surface area (Å²) in [7, 11) is 0. The predicted octanol–water partition coefficient (Wildman–Crippen LogP) is 2.99. The van der Waals surface area contributed by atoms with E-state index in [0.29, 0.717) is 13.2 Å². The Morgan fingerprint density at radius 2 is 2.29 bits per heavy atom. The van der Waals surface area contributed by atoms with Crippen molar-refractivity contribution >= 4 is 21.8 Å². The van der Waals surface area contributed by atoms with Crippen LogP contribution in [0.25, 0.3) is 0 Å². The zero-order valence-electron chi connectivity index (χ0n) is 12.0. The van der Waals surface area contributed by atoms with Gasteiger partial charge in [0.25, 0.3) is 5.91 Å². The number of hydrogen-bond acceptors (Lipinski definition) is 3. The number of benzene rings is 1. The van der Waals surface area contributed by atoms with Crippen molar-refractivity contribution in [2.45, 2.75) is 32.0 Å². The molecular weight excluding hydrogens is 334 g/mol. The highest BCUT2D eigenvalue weighted by atomic mass is 79.9. The zero-order valence-corrected chi connectivity index (χ0v) is 13.6. The van der Waals surface area contributed by atoms with Crippen molar-refractivity contribution < 1.29 is 14.3 Å². The number of carbonyl (C=O) groups is 1. The first-order chi connectivity index (χ1) is 10.2. The molecule has 21 heavy (non-hydrogen) atoms. The van der Waals surface area contributed by atoms with E-state index in [4.69, 9.17) is 9.47 Å². The molecule has 0 N–H and O–H groups in total. The van der Waals surface area contributed by atoms with E-state index in [9.17, 15) is 4.79 Å². The van der Waals surface area contributed by atoms with E-state index >= 15 is 0 Å². The van der Waals surface area contributed by atoms with Gasteiger partial charge in [0.15, 0.2) is 6.29 Å². The molecule has 4 nitrogen and oxygen atoms in total. The largest absolute Gasteiger partial charge is 0.353 e. The van der Waals surface area contributed by atoms with E-state index in [1.807, 2.05) is 23.1 Å². The quantitative estimate of drug-likeness (QED) is 0.835. The summed E-state index contributed by atoms with van der Waals surface area (Å²) >= 11 is 3.45. The maximum absolute atomic E-state index is 12.4. The maximum Gasteiger partial charge on any atom is 0.254 e. The lowest BCUT2D eigenvalue weighted by Crippen LogP contribution is -2.40. The van der Waals surface area contributed by atoms with Crippen molar-refractivity contribution in [2.24, 2.45) is 0 Å². The SMILES string of the molecule is O=C1c2ccc(Br)cc2CCN1CCO[C@H]1CCCCO1. The summed E-state index contributed by atoms with van der Waals surface area (Å²) in [4.78, 5) is 14.3. The van der Waals surface area contributed by atoms with Gasteiger partial charge in [0.2, 0.25) is 0 Å². The standard InChI is InChI=1S/C16H20BrNO3/c17-13-4-5-14-12(11-13)6-7-18(16(14)19)8-10-21-15-3-1-2-9-20-15/h4-5,11,15H,1-3,6-10H2/t15-/m0/s1. The Balaban J connectivity index is 1.53. The summed E-state index contributed by atoms with van der Waals surface area (Å²) in [5, 5.41) is 0. The Bertz CT molecular complexity index is 514. The Morgan fingerprint density at radius 3 is 3.10 bits per heavy atom. The third-order valence-corrected chi connectivity index (χ3v) is 4.53. The fraction of sp³-hybridized carbons (Fsp3) is 0.562. The normalized spacial score (nSPS) is 22.2. The minimum atomic E-state index is -0.0816. The molecule has 5 heteroatoms. The van der Waals surface area contributed by atoms with Gasteiger partial charge in [0.05, 0.1) is 6.61 Å². The number of ether oxygens (including phenoxy) is 2. The third-order valence-electron chi connectivity index (χ3n) is 4.04. The van der Waals surface area contributed by atoms with Gasteiger partial charge in [-0.15, -0.1) is 0 Å². The number of hydrogen-bond donors (Lipinski definition) is 0. The number of amides is 1. The highest BCUT2D eigenvalue weighted by Crippen LogP contribution is 2.23. The van der Waals surface area contributed by atoms with Crippen LogP contribution in [0.2, 0.25) is 0 Å². The lowest BCUT2D eigenvalue weighted by molar-refractivity contribution is -0.163. The second kappa shape index (κ2) is 6.90. The molecule has 0 aliphatic carbocycles. The number of halogens is 1. The van der Waals surface area contributed by atoms with Gasteiger partial charge in [-0.05, 0) is 49.4 Å². The van der Waals surface area contributed by atoms with Crippen LogP contribution >= 0.6 is 15.9 Å². The van der Waals surface area contributed by atoms with Gasteiger partial charge in [-0.2, -0.15) is 0 Å². The molecule has 0 spiro atoms. The Labute approximate surface area is 133 Å². The summed E-state index contributed by atoms with van der Waals surface area (Å²) in [6.45, 7) is 2.73. The molecule has 0 bridgehead atoms. The van der Waals surface area contributed by atoms with Crippen LogP contribution in [0.5, 0.6) is 0 Å². The summed E-state index contributed by atoms with van der Waals surface area (Å²) in [6, 6.07) is 5.86. The van der Waals surface area contributed by atoms with Crippen molar-refractivity contribution in [3.05, 3.63) is 33.8 Å². The first kappa shape index (κ1) is 15.0. The topological polar surface area (TPSA) is 38.8 Å². The molecule has 2 aliphatic rings. The van der Waals surface area contributed by atoms with Gasteiger partial charge in [-0.3, -0.25) is 4.79 Å². The molecule has 1 aromatic rings. The Hall–Kier alpha value is -0.910. The van der Waals surface area contributed by atoms with Crippen LogP contribution in [-0.2, 0) is 15.9 Å². The van der Waals surface area contributed by atoms with Crippen LogP contribution in [0.1, 0.15) is 35.2 Å². The summed E-state index contributed by atoms with van der Waals surface area (Å²) in [5.74, 6) is 0.108. The van der Waals surface area contributed by atoms with Crippen LogP contribution in [-0.4, -0.2) is 43.4 Å². The van der Waals surface area contributed by atoms with Crippen molar-refractivity contribution in [1.29, 1.82) is 0 Å². The van der Waals surface area contributed by atoms with Gasteiger partial charge in [0, 0.05) is 29.7 Å². The molecule has 1 amide bonds. The highest BCUT2D eigenvalue weighted by Gasteiger charge is 2.24. The molecule has 1 saturated heterocycles. The van der Waals surface area contributed by atoms with Crippen LogP contribution in [0.4, 0.5) is 0 Å². The van der Waals surface area contributed by atoms with Crippen LogP contribution in [0.15, 0.2) is 22.7 Å². The summed E-state index contributed by atoms with van der Waals surface area (Å²) < 4.78 is 12.3. The van der Waals surface area contributed by atoms with Crippen molar-refractivity contribution in [3.8, 4) is 0 Å². The van der Waals surface area contributed by atoms with E-state index in [1.165, 1.54) is 0 Å². The average Bonchev–Trinajstić information content (AvgIpc) is 2.50. The third kappa shape index (κ3) is 3.65. The molecule has 1 fully saturated rings. The Morgan fingerprint density at radius 1 is 1.38 bits per heavy atom. The van der Waals surface area contributed by atoms with Crippen LogP contribution in [0.3, 0.4) is 0 Å². The fourth-order valence-corrected chi connectivity index (χ4v) is 3.26. The lowest BCUT2D eigenvalue weighted by atomic mass is 9.99. The second-order valence-electron chi connectivity index (χ2n) is 5.51. The van der Waals surface area contributed by atoms with E-state index in [0.717, 1.165) is 54.4 Å². The number of carbonyl (C=O) groups excluding carboxylic acids is 1. The van der Waals surface area contributed by atoms with Gasteiger partial charge >= 0.3 is 0 Å². The molecule has 0 saturated carbocycles. The number of rotatable bonds is 4. The zero-order chi connectivity index (χ0) is 14.7. The monoisotopic (exact) mass is 353 g/mol. The van der Waals surface area contributed by atoms with Crippen molar-refractivity contribution in [3.63, 3.8) is 0 Å². The molecule has 2 heterocycles. The van der Waals surface area contributed by atoms with Crippen LogP contribution < -0.4 is 0 Å². The van der Waals surface area contributed by atoms with Crippen LogP contribution in [0, 0.1) is 0 Å². The second-order valence-corrected chi connectivity index (χ2v) is 6.43. The van der Waals surface area contributed by atoms with Gasteiger partial charge in [0.1, 0.15) is 0 Å². The predicted molar refractivity (Wildman–Crippen MR) is 83.3 cm³/mol. The molecule has 3 rings (SSSR count). The molecular formula is C16H20BrNO3. The first-order valence-electron chi connectivity index (χ1n) is 7.55.